The van der Waals surface area contributed by atoms with Gasteiger partial charge in [-0.15, -0.1) is 0 Å². The molecule has 1 aromatic rings. The molecule has 0 saturated carbocycles. The Morgan fingerprint density at radius 2 is 1.38 bits per heavy atom. The molecule has 0 aliphatic heterocycles. The van der Waals surface area contributed by atoms with Crippen molar-refractivity contribution in [2.24, 2.45) is 0 Å². The maximum Gasteiger partial charge on any atom is 0.204 e. The van der Waals surface area contributed by atoms with E-state index >= 15 is 0 Å². The molecule has 86 valence electrons. The lowest BCUT2D eigenvalue weighted by molar-refractivity contribution is 0.321. The van der Waals surface area contributed by atoms with Gasteiger partial charge in [-0.2, -0.15) is 0 Å². The van der Waals surface area contributed by atoms with Gasteiger partial charge in [-0.05, 0) is 12.1 Å². The largest absolute Gasteiger partial charge is 0.496 e. The minimum Gasteiger partial charge on any atom is -0.496 e. The van der Waals surface area contributed by atoms with Crippen molar-refractivity contribution in [3.8, 4) is 17.2 Å². The number of fused-ring (bicyclic) bond motifs is 2. The molecule has 16 heavy (non-hydrogen) atoms. The second kappa shape index (κ2) is 3.96. The fourth-order valence-electron chi connectivity index (χ4n) is 1.92. The summed E-state index contributed by atoms with van der Waals surface area (Å²) >= 11 is 0. The number of rotatable bonds is 4. The van der Waals surface area contributed by atoms with Gasteiger partial charge in [-0.3, -0.25) is 0 Å². The Balaban J connectivity index is 2.68. The van der Waals surface area contributed by atoms with Crippen LogP contribution in [0.15, 0.2) is 6.07 Å². The van der Waals surface area contributed by atoms with Gasteiger partial charge in [0.2, 0.25) is 5.75 Å². The van der Waals surface area contributed by atoms with Crippen LogP contribution in [0.1, 0.15) is 11.1 Å². The highest BCUT2D eigenvalue weighted by atomic mass is 16.5. The highest BCUT2D eigenvalue weighted by molar-refractivity contribution is 5.92. The first-order valence-corrected chi connectivity index (χ1v) is 4.85. The molecule has 0 aromatic heterocycles. The summed E-state index contributed by atoms with van der Waals surface area (Å²) in [5.41, 5.74) is 1.82. The van der Waals surface area contributed by atoms with Crippen LogP contribution < -0.4 is 14.2 Å². The topological polar surface area (TPSA) is 36.9 Å². The first kappa shape index (κ1) is 10.7. The molecule has 0 atom stereocenters. The van der Waals surface area contributed by atoms with Crippen molar-refractivity contribution >= 4 is 11.8 Å². The Morgan fingerprint density at radius 3 is 1.88 bits per heavy atom. The van der Waals surface area contributed by atoms with Crippen molar-refractivity contribution in [3.05, 3.63) is 17.2 Å². The number of hydrogen-bond donors (Lipinski definition) is 0. The van der Waals surface area contributed by atoms with Gasteiger partial charge in [-0.25, -0.2) is 0 Å². The van der Waals surface area contributed by atoms with Crippen molar-refractivity contribution in [1.82, 2.24) is 0 Å². The summed E-state index contributed by atoms with van der Waals surface area (Å²) < 4.78 is 21.3. The van der Waals surface area contributed by atoms with Crippen LogP contribution >= 0.6 is 0 Å². The van der Waals surface area contributed by atoms with Gasteiger partial charge in [0.1, 0.15) is 5.76 Å². The molecule has 1 aromatic carbocycles. The molecule has 2 bridgehead atoms. The van der Waals surface area contributed by atoms with E-state index in [9.17, 15) is 0 Å². The van der Waals surface area contributed by atoms with Crippen LogP contribution in [0.25, 0.3) is 11.8 Å². The molecule has 0 spiro atoms. The summed E-state index contributed by atoms with van der Waals surface area (Å²) in [5.74, 6) is 2.65. The number of methoxy groups -OCH3 is 4. The standard InChI is InChI=1S/C12H14O4/c1-13-9-6-7-5-8(9)11(15-3)12(16-4)10(7)14-2/h5-6H,1-4H3. The van der Waals surface area contributed by atoms with Crippen LogP contribution in [0.3, 0.4) is 0 Å². The van der Waals surface area contributed by atoms with Crippen LogP contribution in [-0.4, -0.2) is 28.4 Å². The molecule has 0 heterocycles. The summed E-state index contributed by atoms with van der Waals surface area (Å²) in [6.07, 6.45) is 1.90. The SMILES string of the molecule is COC1=Cc2cc1c(OC)c(OC)c2OC. The Kier molecular flexibility index (Phi) is 2.64. The monoisotopic (exact) mass is 222 g/mol. The lowest BCUT2D eigenvalue weighted by Crippen LogP contribution is -1.97. The van der Waals surface area contributed by atoms with Crippen LogP contribution in [0.5, 0.6) is 17.2 Å². The predicted molar refractivity (Wildman–Crippen MR) is 61.0 cm³/mol. The molecule has 0 amide bonds. The Labute approximate surface area is 94.4 Å². The zero-order valence-corrected chi connectivity index (χ0v) is 9.79. The smallest absolute Gasteiger partial charge is 0.204 e. The van der Waals surface area contributed by atoms with Crippen LogP contribution in [0.4, 0.5) is 0 Å². The fraction of sp³-hybridized carbons (Fsp3) is 0.333. The molecule has 0 N–H and O–H groups in total. The lowest BCUT2D eigenvalue weighted by atomic mass is 10.1. The Bertz CT molecular complexity index is 449. The average molecular weight is 222 g/mol. The van der Waals surface area contributed by atoms with E-state index in [1.165, 1.54) is 0 Å². The zero-order chi connectivity index (χ0) is 11.7. The number of benzene rings is 1. The van der Waals surface area contributed by atoms with Crippen LogP contribution in [-0.2, 0) is 4.74 Å². The number of ether oxygens (including phenoxy) is 4. The molecular weight excluding hydrogens is 208 g/mol. The van der Waals surface area contributed by atoms with Gasteiger partial charge in [0.15, 0.2) is 11.5 Å². The normalized spacial score (nSPS) is 12.1. The molecule has 4 nitrogen and oxygen atoms in total. The maximum atomic E-state index is 5.34. The van der Waals surface area contributed by atoms with Crippen molar-refractivity contribution < 1.29 is 18.9 Å². The second-order valence-corrected chi connectivity index (χ2v) is 3.33. The molecule has 1 aliphatic carbocycles. The van der Waals surface area contributed by atoms with E-state index in [-0.39, 0.29) is 0 Å². The molecule has 0 radical (unpaired) electrons. The maximum absolute atomic E-state index is 5.34. The molecule has 2 rings (SSSR count). The number of hydrogen-bond acceptors (Lipinski definition) is 4. The molecule has 4 heteroatoms. The summed E-state index contributed by atoms with van der Waals surface area (Å²) in [7, 11) is 6.41. The van der Waals surface area contributed by atoms with Gasteiger partial charge < -0.3 is 18.9 Å². The lowest BCUT2D eigenvalue weighted by Gasteiger charge is -2.14. The van der Waals surface area contributed by atoms with Crippen molar-refractivity contribution in [1.29, 1.82) is 0 Å². The third kappa shape index (κ3) is 1.30. The Hall–Kier alpha value is -1.84. The van der Waals surface area contributed by atoms with Crippen molar-refractivity contribution in [2.45, 2.75) is 0 Å². The van der Waals surface area contributed by atoms with Gasteiger partial charge in [0, 0.05) is 5.56 Å². The van der Waals surface area contributed by atoms with Gasteiger partial charge in [-0.1, -0.05) is 0 Å². The molecule has 0 unspecified atom stereocenters. The van der Waals surface area contributed by atoms with E-state index in [0.29, 0.717) is 17.2 Å². The van der Waals surface area contributed by atoms with Gasteiger partial charge in [0.25, 0.3) is 0 Å². The van der Waals surface area contributed by atoms with Gasteiger partial charge in [0.05, 0.1) is 34.0 Å². The Morgan fingerprint density at radius 1 is 0.750 bits per heavy atom. The fourth-order valence-corrected chi connectivity index (χ4v) is 1.92. The molecule has 1 aliphatic rings. The average Bonchev–Trinajstić information content (AvgIpc) is 2.68. The summed E-state index contributed by atoms with van der Waals surface area (Å²) in [4.78, 5) is 0. The van der Waals surface area contributed by atoms with Crippen molar-refractivity contribution in [2.75, 3.05) is 28.4 Å². The third-order valence-corrected chi connectivity index (χ3v) is 2.60. The van der Waals surface area contributed by atoms with E-state index in [1.807, 2.05) is 12.1 Å². The van der Waals surface area contributed by atoms with E-state index in [1.54, 1.807) is 28.4 Å². The molecule has 0 saturated heterocycles. The first-order valence-electron chi connectivity index (χ1n) is 4.85. The summed E-state index contributed by atoms with van der Waals surface area (Å²) in [5, 5.41) is 0. The summed E-state index contributed by atoms with van der Waals surface area (Å²) in [6, 6.07) is 1.96. The van der Waals surface area contributed by atoms with Crippen LogP contribution in [0, 0.1) is 0 Å². The van der Waals surface area contributed by atoms with Crippen molar-refractivity contribution in [3.63, 3.8) is 0 Å². The van der Waals surface area contributed by atoms with E-state index in [0.717, 1.165) is 16.9 Å². The minimum absolute atomic E-state index is 0.598. The van der Waals surface area contributed by atoms with E-state index < -0.39 is 0 Å². The predicted octanol–water partition coefficient (Wildman–Crippen LogP) is 2.17. The quantitative estimate of drug-likeness (QED) is 0.782. The van der Waals surface area contributed by atoms with Gasteiger partial charge >= 0.3 is 0 Å². The van der Waals surface area contributed by atoms with E-state index in [4.69, 9.17) is 18.9 Å². The molecular formula is C12H14O4. The van der Waals surface area contributed by atoms with E-state index in [2.05, 4.69) is 0 Å². The highest BCUT2D eigenvalue weighted by Gasteiger charge is 2.26. The zero-order valence-electron chi connectivity index (χ0n) is 9.79. The second-order valence-electron chi connectivity index (χ2n) is 3.33. The first-order chi connectivity index (χ1) is 7.76. The summed E-state index contributed by atoms with van der Waals surface area (Å²) in [6.45, 7) is 0. The molecule has 0 fully saturated rings. The highest BCUT2D eigenvalue weighted by Crippen LogP contribution is 2.49. The van der Waals surface area contributed by atoms with Crippen LogP contribution in [0.2, 0.25) is 0 Å². The minimum atomic E-state index is 0.598. The third-order valence-electron chi connectivity index (χ3n) is 2.60.